The number of likely N-dealkylation sites (tertiary alicyclic amines) is 2. The van der Waals surface area contributed by atoms with Crippen molar-refractivity contribution in [3.8, 4) is 0 Å². The lowest BCUT2D eigenvalue weighted by Crippen LogP contribution is -2.49. The van der Waals surface area contributed by atoms with Crippen LogP contribution in [0.25, 0.3) is 0 Å². The molecule has 2 aliphatic heterocycles. The number of rotatable bonds is 3. The molecule has 4 heteroatoms. The highest BCUT2D eigenvalue weighted by Gasteiger charge is 2.28. The molecule has 4 nitrogen and oxygen atoms in total. The Bertz CT molecular complexity index is 266. The van der Waals surface area contributed by atoms with E-state index in [0.717, 1.165) is 44.4 Å². The standard InChI is InChI=1S/C14H27N3O/c1-12(18)16-9-5-14(6-10-16)17-7-3-13(4-8-17)11-15-2/h13-15H,3-11H2,1-2H3. The van der Waals surface area contributed by atoms with Gasteiger partial charge in [-0.3, -0.25) is 4.79 Å². The van der Waals surface area contributed by atoms with E-state index in [9.17, 15) is 4.79 Å². The predicted molar refractivity (Wildman–Crippen MR) is 73.5 cm³/mol. The molecule has 2 rings (SSSR count). The molecule has 104 valence electrons. The summed E-state index contributed by atoms with van der Waals surface area (Å²) in [6.07, 6.45) is 4.98. The first kappa shape index (κ1) is 13.8. The van der Waals surface area contributed by atoms with Gasteiger partial charge in [0.25, 0.3) is 0 Å². The Morgan fingerprint density at radius 3 is 2.22 bits per heavy atom. The number of hydrogen-bond donors (Lipinski definition) is 1. The summed E-state index contributed by atoms with van der Waals surface area (Å²) < 4.78 is 0. The third-order valence-electron chi connectivity index (χ3n) is 4.57. The Labute approximate surface area is 111 Å². The Hall–Kier alpha value is -0.610. The highest BCUT2D eigenvalue weighted by atomic mass is 16.2. The van der Waals surface area contributed by atoms with E-state index < -0.39 is 0 Å². The van der Waals surface area contributed by atoms with E-state index in [2.05, 4.69) is 10.2 Å². The highest BCUT2D eigenvalue weighted by molar-refractivity contribution is 5.73. The summed E-state index contributed by atoms with van der Waals surface area (Å²) in [7, 11) is 2.05. The van der Waals surface area contributed by atoms with Crippen molar-refractivity contribution >= 4 is 5.91 Å². The maximum absolute atomic E-state index is 11.3. The van der Waals surface area contributed by atoms with Crippen LogP contribution in [0.4, 0.5) is 0 Å². The molecule has 0 aliphatic carbocycles. The smallest absolute Gasteiger partial charge is 0.219 e. The van der Waals surface area contributed by atoms with Gasteiger partial charge in [-0.25, -0.2) is 0 Å². The molecule has 0 aromatic carbocycles. The van der Waals surface area contributed by atoms with Gasteiger partial charge < -0.3 is 15.1 Å². The number of carbonyl (C=O) groups excluding carboxylic acids is 1. The quantitative estimate of drug-likeness (QED) is 0.813. The second-order valence-electron chi connectivity index (χ2n) is 5.77. The van der Waals surface area contributed by atoms with Crippen molar-refractivity contribution in [3.05, 3.63) is 0 Å². The minimum absolute atomic E-state index is 0.237. The monoisotopic (exact) mass is 253 g/mol. The minimum atomic E-state index is 0.237. The molecule has 0 unspecified atom stereocenters. The summed E-state index contributed by atoms with van der Waals surface area (Å²) in [6.45, 7) is 7.25. The molecular weight excluding hydrogens is 226 g/mol. The van der Waals surface area contributed by atoms with Crippen molar-refractivity contribution in [1.82, 2.24) is 15.1 Å². The third-order valence-corrected chi connectivity index (χ3v) is 4.57. The summed E-state index contributed by atoms with van der Waals surface area (Å²) >= 11 is 0. The molecule has 0 aromatic heterocycles. The second-order valence-corrected chi connectivity index (χ2v) is 5.77. The zero-order valence-corrected chi connectivity index (χ0v) is 11.8. The van der Waals surface area contributed by atoms with Crippen LogP contribution in [0.5, 0.6) is 0 Å². The van der Waals surface area contributed by atoms with Crippen molar-refractivity contribution in [2.24, 2.45) is 5.92 Å². The number of hydrogen-bond acceptors (Lipinski definition) is 3. The molecular formula is C14H27N3O. The molecule has 1 N–H and O–H groups in total. The molecule has 0 saturated carbocycles. The third kappa shape index (κ3) is 3.45. The summed E-state index contributed by atoms with van der Waals surface area (Å²) in [5, 5.41) is 3.29. The van der Waals surface area contributed by atoms with Crippen LogP contribution in [0.3, 0.4) is 0 Å². The highest BCUT2D eigenvalue weighted by Crippen LogP contribution is 2.23. The van der Waals surface area contributed by atoms with Gasteiger partial charge in [0.1, 0.15) is 0 Å². The van der Waals surface area contributed by atoms with E-state index in [1.54, 1.807) is 6.92 Å². The number of piperidine rings is 2. The van der Waals surface area contributed by atoms with Crippen molar-refractivity contribution in [2.75, 3.05) is 39.8 Å². The first-order valence-electron chi connectivity index (χ1n) is 7.35. The lowest BCUT2D eigenvalue weighted by molar-refractivity contribution is -0.130. The van der Waals surface area contributed by atoms with Crippen molar-refractivity contribution < 1.29 is 4.79 Å². The van der Waals surface area contributed by atoms with Gasteiger partial charge in [-0.05, 0) is 58.3 Å². The molecule has 0 radical (unpaired) electrons. The lowest BCUT2D eigenvalue weighted by Gasteiger charge is -2.41. The average Bonchev–Trinajstić information content (AvgIpc) is 2.40. The van der Waals surface area contributed by atoms with Gasteiger partial charge in [-0.2, -0.15) is 0 Å². The SMILES string of the molecule is CNCC1CCN(C2CCN(C(C)=O)CC2)CC1. The van der Waals surface area contributed by atoms with Crippen LogP contribution in [0, 0.1) is 5.92 Å². The number of carbonyl (C=O) groups is 1. The van der Waals surface area contributed by atoms with Crippen LogP contribution in [0.2, 0.25) is 0 Å². The van der Waals surface area contributed by atoms with Crippen LogP contribution in [-0.4, -0.2) is 61.5 Å². The van der Waals surface area contributed by atoms with Crippen LogP contribution >= 0.6 is 0 Å². The fourth-order valence-electron chi connectivity index (χ4n) is 3.36. The van der Waals surface area contributed by atoms with Gasteiger partial charge >= 0.3 is 0 Å². The van der Waals surface area contributed by atoms with Crippen LogP contribution in [0.1, 0.15) is 32.6 Å². The Balaban J connectivity index is 1.73. The normalized spacial score (nSPS) is 24.4. The molecule has 18 heavy (non-hydrogen) atoms. The minimum Gasteiger partial charge on any atom is -0.343 e. The number of nitrogens with zero attached hydrogens (tertiary/aromatic N) is 2. The molecule has 2 heterocycles. The van der Waals surface area contributed by atoms with E-state index in [4.69, 9.17) is 0 Å². The van der Waals surface area contributed by atoms with Crippen molar-refractivity contribution in [1.29, 1.82) is 0 Å². The molecule has 0 bridgehead atoms. The zero-order valence-electron chi connectivity index (χ0n) is 11.8. The van der Waals surface area contributed by atoms with Gasteiger partial charge in [0.2, 0.25) is 5.91 Å². The molecule has 2 saturated heterocycles. The molecule has 0 aromatic rings. The van der Waals surface area contributed by atoms with Crippen LogP contribution in [0.15, 0.2) is 0 Å². The van der Waals surface area contributed by atoms with Crippen LogP contribution in [-0.2, 0) is 4.79 Å². The van der Waals surface area contributed by atoms with E-state index >= 15 is 0 Å². The van der Waals surface area contributed by atoms with Gasteiger partial charge in [0.15, 0.2) is 0 Å². The molecule has 2 aliphatic rings. The fraction of sp³-hybridized carbons (Fsp3) is 0.929. The summed E-state index contributed by atoms with van der Waals surface area (Å²) in [4.78, 5) is 15.9. The molecule has 1 amide bonds. The molecule has 2 fully saturated rings. The van der Waals surface area contributed by atoms with Gasteiger partial charge in [0, 0.05) is 26.1 Å². The Morgan fingerprint density at radius 1 is 1.11 bits per heavy atom. The molecule has 0 atom stereocenters. The van der Waals surface area contributed by atoms with Crippen molar-refractivity contribution in [3.63, 3.8) is 0 Å². The lowest BCUT2D eigenvalue weighted by atomic mass is 9.93. The topological polar surface area (TPSA) is 35.6 Å². The average molecular weight is 253 g/mol. The summed E-state index contributed by atoms with van der Waals surface area (Å²) in [5.74, 6) is 1.10. The van der Waals surface area contributed by atoms with E-state index in [1.807, 2.05) is 11.9 Å². The Morgan fingerprint density at radius 2 is 1.72 bits per heavy atom. The zero-order chi connectivity index (χ0) is 13.0. The number of amides is 1. The maximum Gasteiger partial charge on any atom is 0.219 e. The van der Waals surface area contributed by atoms with Gasteiger partial charge in [-0.15, -0.1) is 0 Å². The van der Waals surface area contributed by atoms with E-state index in [-0.39, 0.29) is 5.91 Å². The largest absolute Gasteiger partial charge is 0.343 e. The summed E-state index contributed by atoms with van der Waals surface area (Å²) in [6, 6.07) is 0.719. The van der Waals surface area contributed by atoms with Gasteiger partial charge in [0.05, 0.1) is 0 Å². The maximum atomic E-state index is 11.3. The fourth-order valence-corrected chi connectivity index (χ4v) is 3.36. The summed E-state index contributed by atoms with van der Waals surface area (Å²) in [5.41, 5.74) is 0. The first-order valence-corrected chi connectivity index (χ1v) is 7.35. The number of nitrogens with one attached hydrogen (secondary N) is 1. The predicted octanol–water partition coefficient (Wildman–Crippen LogP) is 0.929. The Kier molecular flexibility index (Phi) is 5.01. The molecule has 0 spiro atoms. The first-order chi connectivity index (χ1) is 8.70. The van der Waals surface area contributed by atoms with E-state index in [1.165, 1.54) is 25.9 Å². The van der Waals surface area contributed by atoms with Gasteiger partial charge in [-0.1, -0.05) is 0 Å². The van der Waals surface area contributed by atoms with Crippen LogP contribution < -0.4 is 5.32 Å². The van der Waals surface area contributed by atoms with E-state index in [0.29, 0.717) is 0 Å². The van der Waals surface area contributed by atoms with Crippen molar-refractivity contribution in [2.45, 2.75) is 38.6 Å². The second kappa shape index (κ2) is 6.53.